The monoisotopic (exact) mass is 296 g/mol. The number of aromatic amines is 2. The van der Waals surface area contributed by atoms with Crippen LogP contribution in [-0.4, -0.2) is 25.8 Å². The van der Waals surface area contributed by atoms with E-state index in [4.69, 9.17) is 5.73 Å². The van der Waals surface area contributed by atoms with E-state index in [1.165, 1.54) is 0 Å². The van der Waals surface area contributed by atoms with E-state index in [0.717, 1.165) is 42.6 Å². The number of hydrogen-bond donors (Lipinski definition) is 4. The molecule has 7 nitrogen and oxygen atoms in total. The molecule has 0 bridgehead atoms. The number of imidazole rings is 2. The van der Waals surface area contributed by atoms with Crippen LogP contribution in [0.3, 0.4) is 0 Å². The highest BCUT2D eigenvalue weighted by molar-refractivity contribution is 6.11. The molecule has 1 aliphatic carbocycles. The molecule has 22 heavy (non-hydrogen) atoms. The van der Waals surface area contributed by atoms with Crippen molar-refractivity contribution in [2.24, 2.45) is 0 Å². The fourth-order valence-electron chi connectivity index (χ4n) is 2.92. The van der Waals surface area contributed by atoms with Crippen molar-refractivity contribution >= 4 is 28.8 Å². The molecular formula is C15H16N6O. The summed E-state index contributed by atoms with van der Waals surface area (Å²) in [6.07, 6.45) is 4.27. The van der Waals surface area contributed by atoms with E-state index in [1.807, 2.05) is 6.07 Å². The third kappa shape index (κ3) is 2.11. The summed E-state index contributed by atoms with van der Waals surface area (Å²) in [6, 6.07) is 5.35. The van der Waals surface area contributed by atoms with E-state index < -0.39 is 0 Å². The number of nitrogens with one attached hydrogen (secondary N) is 3. The van der Waals surface area contributed by atoms with Gasteiger partial charge in [-0.15, -0.1) is 0 Å². The molecular weight excluding hydrogens is 280 g/mol. The van der Waals surface area contributed by atoms with Crippen LogP contribution in [0.4, 0.5) is 11.9 Å². The molecule has 4 rings (SSSR count). The summed E-state index contributed by atoms with van der Waals surface area (Å²) in [6.45, 7) is 0. The predicted octanol–water partition coefficient (Wildman–Crippen LogP) is 2.00. The van der Waals surface area contributed by atoms with Crippen LogP contribution in [0.5, 0.6) is 0 Å². The van der Waals surface area contributed by atoms with Gasteiger partial charge in [-0.05, 0) is 37.8 Å². The zero-order valence-corrected chi connectivity index (χ0v) is 11.9. The lowest BCUT2D eigenvalue weighted by Gasteiger charge is -2.07. The van der Waals surface area contributed by atoms with Crippen LogP contribution >= 0.6 is 0 Å². The second-order valence-electron chi connectivity index (χ2n) is 5.50. The van der Waals surface area contributed by atoms with Gasteiger partial charge in [-0.2, -0.15) is 0 Å². The second-order valence-corrected chi connectivity index (χ2v) is 5.50. The molecule has 0 spiro atoms. The van der Waals surface area contributed by atoms with E-state index in [-0.39, 0.29) is 5.91 Å². The van der Waals surface area contributed by atoms with Crippen LogP contribution in [0, 0.1) is 0 Å². The number of nitrogens with zero attached hydrogens (tertiary/aromatic N) is 2. The van der Waals surface area contributed by atoms with Crippen LogP contribution in [0.2, 0.25) is 0 Å². The molecule has 1 amide bonds. The number of hydrogen-bond acceptors (Lipinski definition) is 4. The zero-order chi connectivity index (χ0) is 15.1. The number of anilines is 2. The lowest BCUT2D eigenvalue weighted by molar-refractivity contribution is 0.102. The Morgan fingerprint density at radius 1 is 1.18 bits per heavy atom. The Balaban J connectivity index is 1.64. The Bertz CT molecular complexity index is 839. The van der Waals surface area contributed by atoms with Gasteiger partial charge in [-0.3, -0.25) is 10.1 Å². The van der Waals surface area contributed by atoms with Gasteiger partial charge in [0, 0.05) is 5.69 Å². The summed E-state index contributed by atoms with van der Waals surface area (Å²) in [5, 5.41) is 2.82. The smallest absolute Gasteiger partial charge is 0.260 e. The van der Waals surface area contributed by atoms with Gasteiger partial charge >= 0.3 is 0 Å². The number of benzene rings is 1. The van der Waals surface area contributed by atoms with Crippen molar-refractivity contribution in [3.05, 3.63) is 35.2 Å². The number of aromatic nitrogens is 4. The van der Waals surface area contributed by atoms with E-state index in [1.54, 1.807) is 12.1 Å². The van der Waals surface area contributed by atoms with Crippen LogP contribution in [0.1, 0.15) is 34.6 Å². The first kappa shape index (κ1) is 12.9. The third-order valence-corrected chi connectivity index (χ3v) is 3.96. The van der Waals surface area contributed by atoms with Crippen molar-refractivity contribution in [2.75, 3.05) is 11.1 Å². The van der Waals surface area contributed by atoms with Crippen LogP contribution in [0.15, 0.2) is 18.2 Å². The number of carbonyl (C=O) groups excluding carboxylic acids is 1. The molecule has 0 saturated heterocycles. The first-order valence-corrected chi connectivity index (χ1v) is 7.34. The molecule has 0 radical (unpaired) electrons. The van der Waals surface area contributed by atoms with E-state index in [0.29, 0.717) is 23.0 Å². The first-order valence-electron chi connectivity index (χ1n) is 7.34. The van der Waals surface area contributed by atoms with Crippen molar-refractivity contribution in [3.63, 3.8) is 0 Å². The van der Waals surface area contributed by atoms with Gasteiger partial charge in [0.1, 0.15) is 5.52 Å². The van der Waals surface area contributed by atoms with Crippen molar-refractivity contribution in [3.8, 4) is 0 Å². The maximum atomic E-state index is 12.5. The number of nitrogen functional groups attached to an aromatic ring is 1. The highest BCUT2D eigenvalue weighted by Gasteiger charge is 2.18. The quantitative estimate of drug-likeness (QED) is 0.579. The minimum atomic E-state index is -0.247. The molecule has 1 aliphatic rings. The van der Waals surface area contributed by atoms with Crippen LogP contribution in [0.25, 0.3) is 11.0 Å². The molecule has 7 heteroatoms. The Morgan fingerprint density at radius 2 is 2.05 bits per heavy atom. The molecule has 1 aromatic carbocycles. The molecule has 0 fully saturated rings. The summed E-state index contributed by atoms with van der Waals surface area (Å²) in [5.74, 6) is 0.546. The number of aryl methyl sites for hydroxylation is 2. The average Bonchev–Trinajstić information content (AvgIpc) is 3.07. The Hall–Kier alpha value is -2.83. The van der Waals surface area contributed by atoms with Crippen molar-refractivity contribution in [1.29, 1.82) is 0 Å². The molecule has 0 aliphatic heterocycles. The molecule has 2 aromatic heterocycles. The van der Waals surface area contributed by atoms with Gasteiger partial charge in [-0.1, -0.05) is 6.07 Å². The molecule has 0 atom stereocenters. The van der Waals surface area contributed by atoms with Crippen molar-refractivity contribution < 1.29 is 4.79 Å². The normalized spacial score (nSPS) is 14.0. The average molecular weight is 296 g/mol. The van der Waals surface area contributed by atoms with Crippen molar-refractivity contribution in [1.82, 2.24) is 19.9 Å². The Kier molecular flexibility index (Phi) is 2.85. The summed E-state index contributed by atoms with van der Waals surface area (Å²) in [4.78, 5) is 27.2. The summed E-state index contributed by atoms with van der Waals surface area (Å²) in [5.41, 5.74) is 9.62. The highest BCUT2D eigenvalue weighted by Crippen LogP contribution is 2.22. The lowest BCUT2D eigenvalue weighted by Crippen LogP contribution is -2.13. The number of carbonyl (C=O) groups is 1. The van der Waals surface area contributed by atoms with Crippen molar-refractivity contribution in [2.45, 2.75) is 25.7 Å². The second kappa shape index (κ2) is 4.87. The van der Waals surface area contributed by atoms with Gasteiger partial charge in [0.15, 0.2) is 5.95 Å². The van der Waals surface area contributed by atoms with E-state index in [2.05, 4.69) is 25.3 Å². The summed E-state index contributed by atoms with van der Waals surface area (Å²) < 4.78 is 0. The van der Waals surface area contributed by atoms with Gasteiger partial charge < -0.3 is 15.7 Å². The summed E-state index contributed by atoms with van der Waals surface area (Å²) in [7, 11) is 0. The Labute approximate surface area is 126 Å². The lowest BCUT2D eigenvalue weighted by atomic mass is 10.0. The molecule has 2 heterocycles. The maximum Gasteiger partial charge on any atom is 0.260 e. The van der Waals surface area contributed by atoms with Crippen LogP contribution in [-0.2, 0) is 12.8 Å². The van der Waals surface area contributed by atoms with Gasteiger partial charge in [0.05, 0.1) is 16.8 Å². The number of H-pyrrole nitrogens is 2. The van der Waals surface area contributed by atoms with Gasteiger partial charge in [0.25, 0.3) is 5.91 Å². The minimum absolute atomic E-state index is 0.247. The fraction of sp³-hybridized carbons (Fsp3) is 0.267. The Morgan fingerprint density at radius 3 is 2.91 bits per heavy atom. The fourth-order valence-corrected chi connectivity index (χ4v) is 2.92. The molecule has 112 valence electrons. The van der Waals surface area contributed by atoms with E-state index in [9.17, 15) is 4.79 Å². The molecule has 0 saturated carbocycles. The SMILES string of the molecule is Nc1nc2c(C(=O)Nc3nc4c([nH]3)CCCC4)cccc2[nH]1. The topological polar surface area (TPSA) is 112 Å². The molecule has 5 N–H and O–H groups in total. The number of para-hydroxylation sites is 1. The zero-order valence-electron chi connectivity index (χ0n) is 11.9. The van der Waals surface area contributed by atoms with Crippen LogP contribution < -0.4 is 11.1 Å². The van der Waals surface area contributed by atoms with Gasteiger partial charge in [-0.25, -0.2) is 9.97 Å². The highest BCUT2D eigenvalue weighted by atomic mass is 16.1. The van der Waals surface area contributed by atoms with E-state index >= 15 is 0 Å². The number of fused-ring (bicyclic) bond motifs is 2. The maximum absolute atomic E-state index is 12.5. The number of nitrogens with two attached hydrogens (primary N) is 1. The number of rotatable bonds is 2. The van der Waals surface area contributed by atoms with Gasteiger partial charge in [0.2, 0.25) is 5.95 Å². The summed E-state index contributed by atoms with van der Waals surface area (Å²) >= 11 is 0. The number of amides is 1. The molecule has 3 aromatic rings. The minimum Gasteiger partial charge on any atom is -0.369 e. The standard InChI is InChI=1S/C15H16N6O/c16-14-17-11-7-3-4-8(12(11)20-14)13(22)21-15-18-9-5-1-2-6-10(9)19-15/h3-4,7H,1-2,5-6H2,(H3,16,17,20)(H2,18,19,21,22). The third-order valence-electron chi connectivity index (χ3n) is 3.96. The molecule has 0 unspecified atom stereocenters. The predicted molar refractivity (Wildman–Crippen MR) is 83.7 cm³/mol. The first-order chi connectivity index (χ1) is 10.7. The largest absolute Gasteiger partial charge is 0.369 e.